The fraction of sp³-hybridized carbons (Fsp3) is 0.500. The average Bonchev–Trinajstić information content (AvgIpc) is 2.30. The monoisotopic (exact) mass is 144 g/mol. The van der Waals surface area contributed by atoms with Gasteiger partial charge in [-0.25, -0.2) is 4.79 Å². The SMILES string of the molecule is COC1=COC(=O)C1OC. The molecule has 56 valence electrons. The van der Waals surface area contributed by atoms with E-state index < -0.39 is 12.1 Å². The standard InChI is InChI=1S/C6H8O4/c1-8-4-3-10-6(7)5(4)9-2/h3,5H,1-2H3. The van der Waals surface area contributed by atoms with E-state index >= 15 is 0 Å². The molecule has 0 aliphatic carbocycles. The van der Waals surface area contributed by atoms with Gasteiger partial charge in [-0.2, -0.15) is 0 Å². The number of cyclic esters (lactones) is 1. The summed E-state index contributed by atoms with van der Waals surface area (Å²) >= 11 is 0. The molecule has 1 atom stereocenters. The van der Waals surface area contributed by atoms with Crippen molar-refractivity contribution in [1.82, 2.24) is 0 Å². The lowest BCUT2D eigenvalue weighted by Gasteiger charge is -2.05. The van der Waals surface area contributed by atoms with Gasteiger partial charge in [-0.15, -0.1) is 0 Å². The predicted octanol–water partition coefficient (Wildman–Crippen LogP) is 0.0460. The van der Waals surface area contributed by atoms with Crippen molar-refractivity contribution in [3.05, 3.63) is 12.0 Å². The Morgan fingerprint density at radius 3 is 2.70 bits per heavy atom. The van der Waals surface area contributed by atoms with Crippen molar-refractivity contribution in [2.24, 2.45) is 0 Å². The third-order valence-corrected chi connectivity index (χ3v) is 1.24. The molecular weight excluding hydrogens is 136 g/mol. The molecule has 0 amide bonds. The fourth-order valence-corrected chi connectivity index (χ4v) is 0.723. The number of ether oxygens (including phenoxy) is 3. The number of hydrogen-bond donors (Lipinski definition) is 0. The topological polar surface area (TPSA) is 44.8 Å². The Morgan fingerprint density at radius 2 is 2.30 bits per heavy atom. The molecule has 0 aromatic heterocycles. The van der Waals surface area contributed by atoms with Gasteiger partial charge < -0.3 is 14.2 Å². The van der Waals surface area contributed by atoms with Gasteiger partial charge in [0.2, 0.25) is 6.10 Å². The van der Waals surface area contributed by atoms with Crippen LogP contribution >= 0.6 is 0 Å². The third-order valence-electron chi connectivity index (χ3n) is 1.24. The van der Waals surface area contributed by atoms with Crippen LogP contribution in [0.5, 0.6) is 0 Å². The lowest BCUT2D eigenvalue weighted by molar-refractivity contribution is -0.144. The molecule has 0 spiro atoms. The minimum Gasteiger partial charge on any atom is -0.494 e. The van der Waals surface area contributed by atoms with E-state index in [9.17, 15) is 4.79 Å². The first-order chi connectivity index (χ1) is 4.79. The van der Waals surface area contributed by atoms with Crippen LogP contribution in [0.25, 0.3) is 0 Å². The van der Waals surface area contributed by atoms with Crippen molar-refractivity contribution in [2.45, 2.75) is 6.10 Å². The second-order valence-corrected chi connectivity index (χ2v) is 1.78. The van der Waals surface area contributed by atoms with Crippen LogP contribution in [0.2, 0.25) is 0 Å². The van der Waals surface area contributed by atoms with Gasteiger partial charge in [-0.05, 0) is 0 Å². The first kappa shape index (κ1) is 7.08. The molecule has 0 aromatic carbocycles. The Bertz CT molecular complexity index is 173. The highest BCUT2D eigenvalue weighted by Crippen LogP contribution is 2.15. The summed E-state index contributed by atoms with van der Waals surface area (Å²) in [4.78, 5) is 10.7. The van der Waals surface area contributed by atoms with Gasteiger partial charge in [0.05, 0.1) is 7.11 Å². The lowest BCUT2D eigenvalue weighted by Crippen LogP contribution is -2.21. The number of hydrogen-bond acceptors (Lipinski definition) is 4. The molecule has 0 saturated carbocycles. The van der Waals surface area contributed by atoms with E-state index in [1.165, 1.54) is 20.5 Å². The zero-order chi connectivity index (χ0) is 7.56. The molecule has 4 heteroatoms. The van der Waals surface area contributed by atoms with Crippen LogP contribution in [0.1, 0.15) is 0 Å². The Balaban J connectivity index is 2.66. The van der Waals surface area contributed by atoms with Crippen LogP contribution in [0.15, 0.2) is 12.0 Å². The second-order valence-electron chi connectivity index (χ2n) is 1.78. The highest BCUT2D eigenvalue weighted by Gasteiger charge is 2.30. The normalized spacial score (nSPS) is 24.0. The van der Waals surface area contributed by atoms with Gasteiger partial charge in [0, 0.05) is 7.11 Å². The summed E-state index contributed by atoms with van der Waals surface area (Å²) in [7, 11) is 2.88. The summed E-state index contributed by atoms with van der Waals surface area (Å²) in [6.45, 7) is 0. The minimum atomic E-state index is -0.676. The van der Waals surface area contributed by atoms with Crippen molar-refractivity contribution >= 4 is 5.97 Å². The van der Waals surface area contributed by atoms with E-state index in [4.69, 9.17) is 9.47 Å². The average molecular weight is 144 g/mol. The highest BCUT2D eigenvalue weighted by molar-refractivity contribution is 5.80. The number of methoxy groups -OCH3 is 2. The van der Waals surface area contributed by atoms with Gasteiger partial charge in [0.25, 0.3) is 0 Å². The molecule has 0 aromatic rings. The van der Waals surface area contributed by atoms with Crippen LogP contribution in [0, 0.1) is 0 Å². The first-order valence-corrected chi connectivity index (χ1v) is 2.77. The first-order valence-electron chi connectivity index (χ1n) is 2.77. The van der Waals surface area contributed by atoms with Crippen LogP contribution in [-0.2, 0) is 19.0 Å². The van der Waals surface area contributed by atoms with Crippen LogP contribution in [0.4, 0.5) is 0 Å². The summed E-state index contributed by atoms with van der Waals surface area (Å²) in [5.74, 6) is -0.0214. The summed E-state index contributed by atoms with van der Waals surface area (Å²) in [5, 5.41) is 0. The summed E-state index contributed by atoms with van der Waals surface area (Å²) in [5.41, 5.74) is 0. The fourth-order valence-electron chi connectivity index (χ4n) is 0.723. The number of rotatable bonds is 2. The van der Waals surface area contributed by atoms with Crippen molar-refractivity contribution in [2.75, 3.05) is 14.2 Å². The maximum atomic E-state index is 10.7. The van der Waals surface area contributed by atoms with Gasteiger partial charge in [0.15, 0.2) is 5.76 Å². The van der Waals surface area contributed by atoms with Gasteiger partial charge in [-0.1, -0.05) is 0 Å². The van der Waals surface area contributed by atoms with Crippen LogP contribution in [-0.4, -0.2) is 26.3 Å². The minimum absolute atomic E-state index is 0.410. The van der Waals surface area contributed by atoms with Gasteiger partial charge in [0.1, 0.15) is 6.26 Å². The van der Waals surface area contributed by atoms with Crippen molar-refractivity contribution < 1.29 is 19.0 Å². The van der Waals surface area contributed by atoms with E-state index in [2.05, 4.69) is 4.74 Å². The van der Waals surface area contributed by atoms with Crippen LogP contribution in [0.3, 0.4) is 0 Å². The lowest BCUT2D eigenvalue weighted by atomic mass is 10.3. The Labute approximate surface area is 58.4 Å². The van der Waals surface area contributed by atoms with E-state index in [1.54, 1.807) is 0 Å². The summed E-state index contributed by atoms with van der Waals surface area (Å²) in [6.07, 6.45) is 0.571. The summed E-state index contributed by atoms with van der Waals surface area (Å²) < 4.78 is 14.0. The Morgan fingerprint density at radius 1 is 1.60 bits per heavy atom. The molecule has 0 N–H and O–H groups in total. The predicted molar refractivity (Wildman–Crippen MR) is 32.0 cm³/mol. The molecule has 10 heavy (non-hydrogen) atoms. The molecule has 1 heterocycles. The van der Waals surface area contributed by atoms with E-state index in [1.807, 2.05) is 0 Å². The Hall–Kier alpha value is -1.03. The van der Waals surface area contributed by atoms with Crippen molar-refractivity contribution in [1.29, 1.82) is 0 Å². The molecule has 1 unspecified atom stereocenters. The van der Waals surface area contributed by atoms with Gasteiger partial charge in [-0.3, -0.25) is 0 Å². The molecular formula is C6H8O4. The highest BCUT2D eigenvalue weighted by atomic mass is 16.6. The van der Waals surface area contributed by atoms with E-state index in [-0.39, 0.29) is 0 Å². The summed E-state index contributed by atoms with van der Waals surface area (Å²) in [6, 6.07) is 0. The number of esters is 1. The zero-order valence-corrected chi connectivity index (χ0v) is 5.79. The molecule has 0 bridgehead atoms. The third kappa shape index (κ3) is 0.974. The van der Waals surface area contributed by atoms with Crippen LogP contribution < -0.4 is 0 Å². The number of carbonyl (C=O) groups is 1. The van der Waals surface area contributed by atoms with Crippen molar-refractivity contribution in [3.8, 4) is 0 Å². The maximum Gasteiger partial charge on any atom is 0.348 e. The van der Waals surface area contributed by atoms with Gasteiger partial charge >= 0.3 is 5.97 Å². The quantitative estimate of drug-likeness (QED) is 0.513. The zero-order valence-electron chi connectivity index (χ0n) is 5.79. The molecule has 1 aliphatic heterocycles. The molecule has 1 rings (SSSR count). The molecule has 0 fully saturated rings. The maximum absolute atomic E-state index is 10.7. The second kappa shape index (κ2) is 2.70. The molecule has 0 saturated heterocycles. The van der Waals surface area contributed by atoms with E-state index in [0.717, 1.165) is 0 Å². The smallest absolute Gasteiger partial charge is 0.348 e. The Kier molecular flexibility index (Phi) is 1.91. The molecule has 0 radical (unpaired) electrons. The van der Waals surface area contributed by atoms with Crippen molar-refractivity contribution in [3.63, 3.8) is 0 Å². The van der Waals surface area contributed by atoms with E-state index in [0.29, 0.717) is 5.76 Å². The largest absolute Gasteiger partial charge is 0.494 e. The molecule has 4 nitrogen and oxygen atoms in total. The number of carbonyl (C=O) groups excluding carboxylic acids is 1. The molecule has 1 aliphatic rings.